The minimum Gasteiger partial charge on any atom is -0.461 e. The van der Waals surface area contributed by atoms with Crippen LogP contribution in [0.4, 0.5) is 5.69 Å². The summed E-state index contributed by atoms with van der Waals surface area (Å²) in [5.74, 6) is 1.03. The van der Waals surface area contributed by atoms with Crippen molar-refractivity contribution in [1.82, 2.24) is 4.90 Å². The Morgan fingerprint density at radius 1 is 1.18 bits per heavy atom. The van der Waals surface area contributed by atoms with Crippen LogP contribution in [0.3, 0.4) is 0 Å². The monoisotopic (exact) mass is 390 g/mol. The van der Waals surface area contributed by atoms with Crippen LogP contribution in [0.25, 0.3) is 21.1 Å². The smallest absolute Gasteiger partial charge is 0.257 e. The number of amides is 1. The Kier molecular flexibility index (Phi) is 4.22. The molecule has 0 saturated heterocycles. The van der Waals surface area contributed by atoms with Crippen molar-refractivity contribution < 1.29 is 9.21 Å². The van der Waals surface area contributed by atoms with Crippen LogP contribution >= 0.6 is 11.3 Å². The largest absolute Gasteiger partial charge is 0.461 e. The molecule has 0 saturated carbocycles. The fourth-order valence-electron chi connectivity index (χ4n) is 4.13. The van der Waals surface area contributed by atoms with Gasteiger partial charge in [0.15, 0.2) is 0 Å². The number of thiophene rings is 1. The summed E-state index contributed by atoms with van der Waals surface area (Å²) in [6.45, 7) is 0. The van der Waals surface area contributed by atoms with E-state index in [0.29, 0.717) is 6.04 Å². The van der Waals surface area contributed by atoms with Crippen LogP contribution in [0.5, 0.6) is 0 Å². The lowest BCUT2D eigenvalue weighted by Crippen LogP contribution is -2.33. The minimum absolute atomic E-state index is 0.0691. The highest BCUT2D eigenvalue weighted by molar-refractivity contribution is 7.17. The van der Waals surface area contributed by atoms with E-state index < -0.39 is 0 Å². The summed E-state index contributed by atoms with van der Waals surface area (Å²) in [6, 6.07) is 14.5. The van der Waals surface area contributed by atoms with Gasteiger partial charge in [-0.15, -0.1) is 11.3 Å². The summed E-state index contributed by atoms with van der Waals surface area (Å²) in [5.41, 5.74) is 3.73. The van der Waals surface area contributed by atoms with Crippen LogP contribution in [0, 0.1) is 0 Å². The van der Waals surface area contributed by atoms with Crippen molar-refractivity contribution in [1.29, 1.82) is 0 Å². The number of carbonyl (C=O) groups excluding carboxylic acids is 1. The molecule has 1 N–H and O–H groups in total. The number of carbonyl (C=O) groups is 1. The summed E-state index contributed by atoms with van der Waals surface area (Å²) in [7, 11) is 4.27. The third kappa shape index (κ3) is 2.91. The highest BCUT2D eigenvalue weighted by Gasteiger charge is 2.25. The standard InChI is InChI=1S/C23H22N2O2S/c1-25(2)15-8-10-21-18(12-15)17-11-14(7-9-20(17)27-21)24-23(26)19-13-28-22-6-4-3-5-16(19)22/h3-7,9,11,13,15H,8,10,12H2,1-2H3,(H,24,26). The lowest BCUT2D eigenvalue weighted by molar-refractivity contribution is 0.102. The van der Waals surface area contributed by atoms with Gasteiger partial charge in [0.2, 0.25) is 0 Å². The Hall–Kier alpha value is -2.63. The Morgan fingerprint density at radius 2 is 2.04 bits per heavy atom. The molecule has 1 aliphatic rings. The van der Waals surface area contributed by atoms with Gasteiger partial charge in [0.25, 0.3) is 5.91 Å². The van der Waals surface area contributed by atoms with E-state index in [9.17, 15) is 4.79 Å². The fourth-order valence-corrected chi connectivity index (χ4v) is 5.07. The maximum absolute atomic E-state index is 12.9. The van der Waals surface area contributed by atoms with E-state index in [1.165, 1.54) is 5.56 Å². The molecule has 1 atom stereocenters. The quantitative estimate of drug-likeness (QED) is 0.515. The molecule has 5 rings (SSSR count). The molecule has 1 unspecified atom stereocenters. The molecule has 1 amide bonds. The molecule has 142 valence electrons. The molecule has 0 bridgehead atoms. The average Bonchev–Trinajstić information content (AvgIpc) is 3.28. The van der Waals surface area contributed by atoms with Crippen LogP contribution in [-0.4, -0.2) is 30.9 Å². The van der Waals surface area contributed by atoms with E-state index in [4.69, 9.17) is 4.42 Å². The van der Waals surface area contributed by atoms with Gasteiger partial charge >= 0.3 is 0 Å². The van der Waals surface area contributed by atoms with Gasteiger partial charge in [0.1, 0.15) is 11.3 Å². The lowest BCUT2D eigenvalue weighted by atomic mass is 9.91. The van der Waals surface area contributed by atoms with Gasteiger partial charge in [-0.2, -0.15) is 0 Å². The maximum Gasteiger partial charge on any atom is 0.257 e. The molecule has 0 spiro atoms. The number of hydrogen-bond acceptors (Lipinski definition) is 4. The van der Waals surface area contributed by atoms with Crippen LogP contribution < -0.4 is 5.32 Å². The zero-order valence-corrected chi connectivity index (χ0v) is 16.8. The fraction of sp³-hybridized carbons (Fsp3) is 0.261. The van der Waals surface area contributed by atoms with Crippen molar-refractivity contribution in [2.75, 3.05) is 19.4 Å². The first-order valence-corrected chi connectivity index (χ1v) is 10.5. The van der Waals surface area contributed by atoms with E-state index in [1.807, 2.05) is 41.8 Å². The molecule has 0 radical (unpaired) electrons. The molecular formula is C23H22N2O2S. The zero-order valence-electron chi connectivity index (χ0n) is 16.0. The van der Waals surface area contributed by atoms with E-state index in [2.05, 4.69) is 30.4 Å². The Balaban J connectivity index is 1.47. The number of nitrogens with zero attached hydrogens (tertiary/aromatic N) is 1. The van der Waals surface area contributed by atoms with Crippen molar-refractivity contribution >= 4 is 44.0 Å². The second-order valence-electron chi connectivity index (χ2n) is 7.67. The highest BCUT2D eigenvalue weighted by atomic mass is 32.1. The van der Waals surface area contributed by atoms with Crippen molar-refractivity contribution in [2.24, 2.45) is 0 Å². The molecule has 2 aromatic carbocycles. The summed E-state index contributed by atoms with van der Waals surface area (Å²) in [6.07, 6.45) is 3.08. The van der Waals surface area contributed by atoms with Gasteiger partial charge in [0.05, 0.1) is 5.56 Å². The molecule has 28 heavy (non-hydrogen) atoms. The summed E-state index contributed by atoms with van der Waals surface area (Å²) >= 11 is 1.60. The number of furan rings is 1. The average molecular weight is 391 g/mol. The summed E-state index contributed by atoms with van der Waals surface area (Å²) in [4.78, 5) is 15.1. The third-order valence-electron chi connectivity index (χ3n) is 5.73. The normalized spacial score (nSPS) is 16.6. The van der Waals surface area contributed by atoms with Gasteiger partial charge < -0.3 is 14.6 Å². The van der Waals surface area contributed by atoms with Gasteiger partial charge in [-0.25, -0.2) is 0 Å². The highest BCUT2D eigenvalue weighted by Crippen LogP contribution is 2.35. The predicted molar refractivity (Wildman–Crippen MR) is 115 cm³/mol. The minimum atomic E-state index is -0.0691. The zero-order chi connectivity index (χ0) is 19.3. The van der Waals surface area contributed by atoms with Crippen LogP contribution in [-0.2, 0) is 12.8 Å². The van der Waals surface area contributed by atoms with Gasteiger partial charge in [-0.1, -0.05) is 18.2 Å². The Labute approximate surface area is 167 Å². The molecule has 5 heteroatoms. The van der Waals surface area contributed by atoms with E-state index >= 15 is 0 Å². The van der Waals surface area contributed by atoms with Crippen LogP contribution in [0.1, 0.15) is 28.1 Å². The second kappa shape index (κ2) is 6.76. The topological polar surface area (TPSA) is 45.5 Å². The van der Waals surface area contributed by atoms with E-state index in [0.717, 1.165) is 57.3 Å². The van der Waals surface area contributed by atoms with E-state index in [-0.39, 0.29) is 5.91 Å². The number of benzene rings is 2. The first kappa shape index (κ1) is 17.5. The number of nitrogens with one attached hydrogen (secondary N) is 1. The third-order valence-corrected chi connectivity index (χ3v) is 6.70. The maximum atomic E-state index is 12.9. The van der Waals surface area contributed by atoms with Gasteiger partial charge in [-0.3, -0.25) is 4.79 Å². The molecule has 1 aliphatic carbocycles. The van der Waals surface area contributed by atoms with Crippen molar-refractivity contribution in [3.05, 3.63) is 64.7 Å². The van der Waals surface area contributed by atoms with Gasteiger partial charge in [-0.05, 0) is 51.2 Å². The number of rotatable bonds is 3. The van der Waals surface area contributed by atoms with E-state index in [1.54, 1.807) is 11.3 Å². The predicted octanol–water partition coefficient (Wildman–Crippen LogP) is 5.32. The molecule has 4 nitrogen and oxygen atoms in total. The molecule has 4 aromatic rings. The van der Waals surface area contributed by atoms with Gasteiger partial charge in [0, 0.05) is 44.6 Å². The first-order valence-electron chi connectivity index (χ1n) is 9.58. The SMILES string of the molecule is CN(C)C1CCc2oc3ccc(NC(=O)c4csc5ccccc45)cc3c2C1. The van der Waals surface area contributed by atoms with Crippen LogP contribution in [0.2, 0.25) is 0 Å². The Morgan fingerprint density at radius 3 is 2.89 bits per heavy atom. The summed E-state index contributed by atoms with van der Waals surface area (Å²) in [5, 5.41) is 7.13. The lowest BCUT2D eigenvalue weighted by Gasteiger charge is -2.27. The molecule has 0 aliphatic heterocycles. The number of likely N-dealkylation sites (N-methyl/N-ethyl adjacent to an activating group) is 1. The number of fused-ring (bicyclic) bond motifs is 4. The molecule has 2 aromatic heterocycles. The first-order chi connectivity index (χ1) is 13.6. The van der Waals surface area contributed by atoms with Crippen molar-refractivity contribution in [2.45, 2.75) is 25.3 Å². The van der Waals surface area contributed by atoms with Crippen LogP contribution in [0.15, 0.2) is 52.3 Å². The second-order valence-corrected chi connectivity index (χ2v) is 8.59. The number of aryl methyl sites for hydroxylation is 1. The molecule has 2 heterocycles. The summed E-state index contributed by atoms with van der Waals surface area (Å²) < 4.78 is 7.21. The molecule has 0 fully saturated rings. The number of hydrogen-bond donors (Lipinski definition) is 1. The Bertz CT molecular complexity index is 1190. The molecular weight excluding hydrogens is 368 g/mol. The van der Waals surface area contributed by atoms with Crippen molar-refractivity contribution in [3.8, 4) is 0 Å². The number of anilines is 1. The van der Waals surface area contributed by atoms with Crippen molar-refractivity contribution in [3.63, 3.8) is 0 Å².